The highest BCUT2D eigenvalue weighted by molar-refractivity contribution is 5.63. The maximum Gasteiger partial charge on any atom is 0.138 e. The zero-order chi connectivity index (χ0) is 12.3. The number of aryl methyl sites for hydroxylation is 1. The van der Waals surface area contributed by atoms with Crippen molar-refractivity contribution in [2.45, 2.75) is 33.4 Å². The normalized spacial score (nSPS) is 11.1. The quantitative estimate of drug-likeness (QED) is 0.876. The fraction of sp³-hybridized carbons (Fsp3) is 0.357. The average Bonchev–Trinajstić information content (AvgIpc) is 2.69. The molecule has 90 valence electrons. The van der Waals surface area contributed by atoms with Gasteiger partial charge in [0.05, 0.1) is 0 Å². The molecule has 1 aromatic carbocycles. The maximum atomic E-state index is 5.29. The van der Waals surface area contributed by atoms with Gasteiger partial charge in [-0.15, -0.1) is 0 Å². The van der Waals surface area contributed by atoms with Gasteiger partial charge in [-0.3, -0.25) is 0 Å². The van der Waals surface area contributed by atoms with Gasteiger partial charge < -0.3 is 9.84 Å². The van der Waals surface area contributed by atoms with Crippen molar-refractivity contribution in [3.63, 3.8) is 0 Å². The number of nitrogens with zero attached hydrogens (tertiary/aromatic N) is 1. The van der Waals surface area contributed by atoms with Gasteiger partial charge in [0.15, 0.2) is 0 Å². The number of hydrogen-bond acceptors (Lipinski definition) is 3. The molecule has 0 fully saturated rings. The van der Waals surface area contributed by atoms with E-state index < -0.39 is 0 Å². The van der Waals surface area contributed by atoms with Crippen LogP contribution in [0.1, 0.15) is 25.2 Å². The van der Waals surface area contributed by atoms with E-state index in [0.717, 1.165) is 29.1 Å². The molecule has 1 N–H and O–H groups in total. The molecule has 0 amide bonds. The standard InChI is InChI=1S/C14H18N2O/c1-10(2)15-9-13-11(3)17-16-14(13)12-7-5-4-6-8-12/h4-8,10,15H,9H2,1-3H3. The summed E-state index contributed by atoms with van der Waals surface area (Å²) in [6, 6.07) is 10.6. The lowest BCUT2D eigenvalue weighted by atomic mass is 10.1. The van der Waals surface area contributed by atoms with Crippen LogP contribution in [0.5, 0.6) is 0 Å². The largest absolute Gasteiger partial charge is 0.361 e. The lowest BCUT2D eigenvalue weighted by Crippen LogP contribution is -2.22. The summed E-state index contributed by atoms with van der Waals surface area (Å²) in [6.45, 7) is 7.00. The van der Waals surface area contributed by atoms with E-state index in [1.165, 1.54) is 0 Å². The predicted octanol–water partition coefficient (Wildman–Crippen LogP) is 3.15. The summed E-state index contributed by atoms with van der Waals surface area (Å²) in [5, 5.41) is 7.55. The van der Waals surface area contributed by atoms with Crippen LogP contribution in [0.4, 0.5) is 0 Å². The molecular formula is C14H18N2O. The van der Waals surface area contributed by atoms with Crippen LogP contribution in [0.25, 0.3) is 11.3 Å². The minimum Gasteiger partial charge on any atom is -0.361 e. The van der Waals surface area contributed by atoms with E-state index in [2.05, 4.69) is 36.5 Å². The van der Waals surface area contributed by atoms with Gasteiger partial charge in [-0.1, -0.05) is 49.3 Å². The second-order valence-corrected chi connectivity index (χ2v) is 4.47. The van der Waals surface area contributed by atoms with E-state index in [0.29, 0.717) is 6.04 Å². The zero-order valence-corrected chi connectivity index (χ0v) is 10.5. The van der Waals surface area contributed by atoms with Crippen molar-refractivity contribution in [3.8, 4) is 11.3 Å². The number of benzene rings is 1. The van der Waals surface area contributed by atoms with Crippen LogP contribution < -0.4 is 5.32 Å². The lowest BCUT2D eigenvalue weighted by Gasteiger charge is -2.08. The summed E-state index contributed by atoms with van der Waals surface area (Å²) >= 11 is 0. The van der Waals surface area contributed by atoms with Gasteiger partial charge in [0.1, 0.15) is 11.5 Å². The first-order valence-electron chi connectivity index (χ1n) is 5.92. The van der Waals surface area contributed by atoms with Crippen LogP contribution in [0, 0.1) is 6.92 Å². The minimum atomic E-state index is 0.452. The van der Waals surface area contributed by atoms with Gasteiger partial charge in [-0.05, 0) is 6.92 Å². The molecule has 3 heteroatoms. The zero-order valence-electron chi connectivity index (χ0n) is 10.5. The first-order valence-corrected chi connectivity index (χ1v) is 5.92. The van der Waals surface area contributed by atoms with Crippen molar-refractivity contribution in [3.05, 3.63) is 41.7 Å². The number of hydrogen-bond donors (Lipinski definition) is 1. The molecule has 1 heterocycles. The summed E-state index contributed by atoms with van der Waals surface area (Å²) < 4.78 is 5.29. The van der Waals surface area contributed by atoms with Gasteiger partial charge in [-0.2, -0.15) is 0 Å². The van der Waals surface area contributed by atoms with Crippen molar-refractivity contribution in [1.29, 1.82) is 0 Å². The molecule has 2 rings (SSSR count). The first-order chi connectivity index (χ1) is 8.18. The van der Waals surface area contributed by atoms with Crippen LogP contribution in [-0.2, 0) is 6.54 Å². The van der Waals surface area contributed by atoms with Crippen molar-refractivity contribution in [1.82, 2.24) is 10.5 Å². The molecule has 1 aromatic heterocycles. The fourth-order valence-electron chi connectivity index (χ4n) is 1.73. The van der Waals surface area contributed by atoms with Crippen LogP contribution in [0.3, 0.4) is 0 Å². The molecule has 0 saturated heterocycles. The molecule has 3 nitrogen and oxygen atoms in total. The van der Waals surface area contributed by atoms with Gasteiger partial charge in [-0.25, -0.2) is 0 Å². The van der Waals surface area contributed by atoms with Crippen LogP contribution in [0.15, 0.2) is 34.9 Å². The van der Waals surface area contributed by atoms with E-state index >= 15 is 0 Å². The maximum absolute atomic E-state index is 5.29. The Morgan fingerprint density at radius 2 is 1.94 bits per heavy atom. The molecule has 0 aliphatic rings. The van der Waals surface area contributed by atoms with Gasteiger partial charge >= 0.3 is 0 Å². The topological polar surface area (TPSA) is 38.1 Å². The molecule has 2 aromatic rings. The Morgan fingerprint density at radius 1 is 1.24 bits per heavy atom. The summed E-state index contributed by atoms with van der Waals surface area (Å²) in [5.74, 6) is 0.886. The summed E-state index contributed by atoms with van der Waals surface area (Å²) in [6.07, 6.45) is 0. The molecular weight excluding hydrogens is 212 g/mol. The molecule has 0 saturated carbocycles. The highest BCUT2D eigenvalue weighted by Crippen LogP contribution is 2.24. The highest BCUT2D eigenvalue weighted by Gasteiger charge is 2.14. The van der Waals surface area contributed by atoms with Gasteiger partial charge in [0.25, 0.3) is 0 Å². The Hall–Kier alpha value is -1.61. The van der Waals surface area contributed by atoms with Crippen molar-refractivity contribution in [2.24, 2.45) is 0 Å². The Labute approximate surface area is 102 Å². The van der Waals surface area contributed by atoms with E-state index in [1.54, 1.807) is 0 Å². The molecule has 0 spiro atoms. The molecule has 17 heavy (non-hydrogen) atoms. The smallest absolute Gasteiger partial charge is 0.138 e. The Balaban J connectivity index is 2.29. The number of aromatic nitrogens is 1. The van der Waals surface area contributed by atoms with Crippen molar-refractivity contribution >= 4 is 0 Å². The summed E-state index contributed by atoms with van der Waals surface area (Å²) in [7, 11) is 0. The van der Waals surface area contributed by atoms with E-state index in [9.17, 15) is 0 Å². The van der Waals surface area contributed by atoms with Crippen molar-refractivity contribution < 1.29 is 4.52 Å². The van der Waals surface area contributed by atoms with E-state index in [-0.39, 0.29) is 0 Å². The third kappa shape index (κ3) is 2.74. The molecule has 0 aliphatic carbocycles. The van der Waals surface area contributed by atoms with E-state index in [4.69, 9.17) is 4.52 Å². The average molecular weight is 230 g/mol. The van der Waals surface area contributed by atoms with Crippen LogP contribution in [0.2, 0.25) is 0 Å². The molecule has 0 radical (unpaired) electrons. The molecule has 0 aliphatic heterocycles. The highest BCUT2D eigenvalue weighted by atomic mass is 16.5. The van der Waals surface area contributed by atoms with Crippen molar-refractivity contribution in [2.75, 3.05) is 0 Å². The SMILES string of the molecule is Cc1onc(-c2ccccc2)c1CNC(C)C. The summed E-state index contributed by atoms with van der Waals surface area (Å²) in [4.78, 5) is 0. The predicted molar refractivity (Wildman–Crippen MR) is 68.7 cm³/mol. The number of nitrogens with one attached hydrogen (secondary N) is 1. The Kier molecular flexibility index (Phi) is 3.59. The van der Waals surface area contributed by atoms with E-state index in [1.807, 2.05) is 25.1 Å². The first kappa shape index (κ1) is 11.9. The van der Waals surface area contributed by atoms with Gasteiger partial charge in [0, 0.05) is 23.7 Å². The summed E-state index contributed by atoms with van der Waals surface area (Å²) in [5.41, 5.74) is 3.19. The second kappa shape index (κ2) is 5.15. The third-order valence-electron chi connectivity index (χ3n) is 2.72. The Bertz CT molecular complexity index is 474. The molecule has 0 bridgehead atoms. The molecule has 0 atom stereocenters. The minimum absolute atomic E-state index is 0.452. The fourth-order valence-corrected chi connectivity index (χ4v) is 1.73. The monoisotopic (exact) mass is 230 g/mol. The number of rotatable bonds is 4. The van der Waals surface area contributed by atoms with Crippen LogP contribution >= 0.6 is 0 Å². The van der Waals surface area contributed by atoms with Gasteiger partial charge in [0.2, 0.25) is 0 Å². The lowest BCUT2D eigenvalue weighted by molar-refractivity contribution is 0.397. The molecule has 0 unspecified atom stereocenters. The second-order valence-electron chi connectivity index (χ2n) is 4.47. The Morgan fingerprint density at radius 3 is 2.59 bits per heavy atom. The third-order valence-corrected chi connectivity index (χ3v) is 2.72. The van der Waals surface area contributed by atoms with Crippen LogP contribution in [-0.4, -0.2) is 11.2 Å².